The Bertz CT molecular complexity index is 455. The third kappa shape index (κ3) is 2.56. The van der Waals surface area contributed by atoms with Gasteiger partial charge in [0.05, 0.1) is 0 Å². The van der Waals surface area contributed by atoms with E-state index in [4.69, 9.17) is 0 Å². The lowest BCUT2D eigenvalue weighted by Crippen LogP contribution is -2.47. The molecule has 0 aromatic carbocycles. The van der Waals surface area contributed by atoms with Gasteiger partial charge < -0.3 is 14.8 Å². The van der Waals surface area contributed by atoms with E-state index in [0.29, 0.717) is 11.9 Å². The molecule has 1 atom stereocenters. The smallest absolute Gasteiger partial charge is 0.293 e. The fourth-order valence-electron chi connectivity index (χ4n) is 2.44. The molecule has 1 unspecified atom stereocenters. The standard InChI is InChI=1S/C13H22N4O/c1-10(2)17-8-6-15-12(13(17)18)16-7-4-5-11(9-16)14-3/h6,8,10-11,14H,4-5,7,9H2,1-3H3. The summed E-state index contributed by atoms with van der Waals surface area (Å²) in [6.07, 6.45) is 5.75. The van der Waals surface area contributed by atoms with Gasteiger partial charge in [0.1, 0.15) is 0 Å². The van der Waals surface area contributed by atoms with Gasteiger partial charge in [0.2, 0.25) is 0 Å². The first-order valence-corrected chi connectivity index (χ1v) is 6.63. The summed E-state index contributed by atoms with van der Waals surface area (Å²) in [5, 5.41) is 3.28. The second-order valence-electron chi connectivity index (χ2n) is 5.13. The molecule has 1 N–H and O–H groups in total. The van der Waals surface area contributed by atoms with Crippen molar-refractivity contribution in [2.45, 2.75) is 38.8 Å². The zero-order chi connectivity index (χ0) is 13.1. The average Bonchev–Trinajstić information content (AvgIpc) is 2.38. The van der Waals surface area contributed by atoms with Crippen LogP contribution in [0, 0.1) is 0 Å². The first-order chi connectivity index (χ1) is 8.63. The monoisotopic (exact) mass is 250 g/mol. The molecule has 1 aromatic rings. The highest BCUT2D eigenvalue weighted by atomic mass is 16.1. The minimum absolute atomic E-state index is 0.0178. The maximum Gasteiger partial charge on any atom is 0.293 e. The van der Waals surface area contributed by atoms with Gasteiger partial charge in [0.25, 0.3) is 5.56 Å². The molecule has 5 nitrogen and oxygen atoms in total. The maximum absolute atomic E-state index is 12.3. The molecule has 0 spiro atoms. The molecule has 2 rings (SSSR count). The van der Waals surface area contributed by atoms with Crippen LogP contribution in [0.1, 0.15) is 32.7 Å². The number of hydrogen-bond acceptors (Lipinski definition) is 4. The van der Waals surface area contributed by atoms with E-state index in [-0.39, 0.29) is 11.6 Å². The molecule has 0 amide bonds. The largest absolute Gasteiger partial charge is 0.350 e. The van der Waals surface area contributed by atoms with Gasteiger partial charge in [0.15, 0.2) is 5.82 Å². The molecule has 18 heavy (non-hydrogen) atoms. The summed E-state index contributed by atoms with van der Waals surface area (Å²) >= 11 is 0. The van der Waals surface area contributed by atoms with E-state index in [1.807, 2.05) is 20.9 Å². The van der Waals surface area contributed by atoms with Crippen LogP contribution in [-0.4, -0.2) is 35.7 Å². The van der Waals surface area contributed by atoms with Crippen molar-refractivity contribution in [2.24, 2.45) is 0 Å². The lowest BCUT2D eigenvalue weighted by Gasteiger charge is -2.33. The SMILES string of the molecule is CNC1CCCN(c2nccn(C(C)C)c2=O)C1. The van der Waals surface area contributed by atoms with Crippen molar-refractivity contribution in [3.05, 3.63) is 22.7 Å². The highest BCUT2D eigenvalue weighted by Gasteiger charge is 2.22. The van der Waals surface area contributed by atoms with Crippen LogP contribution in [0.25, 0.3) is 0 Å². The van der Waals surface area contributed by atoms with E-state index in [1.54, 1.807) is 17.0 Å². The molecule has 0 bridgehead atoms. The highest BCUT2D eigenvalue weighted by Crippen LogP contribution is 2.14. The van der Waals surface area contributed by atoms with Crippen LogP contribution < -0.4 is 15.8 Å². The first-order valence-electron chi connectivity index (χ1n) is 6.63. The summed E-state index contributed by atoms with van der Waals surface area (Å²) in [7, 11) is 1.97. The number of nitrogens with zero attached hydrogens (tertiary/aromatic N) is 3. The molecular formula is C13H22N4O. The molecule has 1 aliphatic heterocycles. The number of piperidine rings is 1. The van der Waals surface area contributed by atoms with Crippen molar-refractivity contribution >= 4 is 5.82 Å². The number of anilines is 1. The van der Waals surface area contributed by atoms with Crippen molar-refractivity contribution in [2.75, 3.05) is 25.0 Å². The number of hydrogen-bond donors (Lipinski definition) is 1. The normalized spacial score (nSPS) is 20.4. The van der Waals surface area contributed by atoms with E-state index in [9.17, 15) is 4.79 Å². The van der Waals surface area contributed by atoms with Crippen LogP contribution in [0.3, 0.4) is 0 Å². The Kier molecular flexibility index (Phi) is 4.01. The summed E-state index contributed by atoms with van der Waals surface area (Å²) in [4.78, 5) is 18.7. The Morgan fingerprint density at radius 2 is 2.28 bits per heavy atom. The van der Waals surface area contributed by atoms with Gasteiger partial charge in [-0.15, -0.1) is 0 Å². The van der Waals surface area contributed by atoms with Crippen LogP contribution in [-0.2, 0) is 0 Å². The lowest BCUT2D eigenvalue weighted by molar-refractivity contribution is 0.444. The second kappa shape index (κ2) is 5.52. The van der Waals surface area contributed by atoms with Gasteiger partial charge in [-0.2, -0.15) is 0 Å². The molecule has 1 aliphatic rings. The number of aromatic nitrogens is 2. The predicted molar refractivity (Wildman–Crippen MR) is 73.2 cm³/mol. The minimum Gasteiger partial charge on any atom is -0.350 e. The Labute approximate surface area is 108 Å². The molecule has 0 saturated carbocycles. The molecule has 5 heteroatoms. The Balaban J connectivity index is 2.28. The molecular weight excluding hydrogens is 228 g/mol. The molecule has 2 heterocycles. The van der Waals surface area contributed by atoms with Gasteiger partial charge in [-0.25, -0.2) is 4.98 Å². The lowest BCUT2D eigenvalue weighted by atomic mass is 10.1. The summed E-state index contributed by atoms with van der Waals surface area (Å²) in [5.74, 6) is 0.589. The molecule has 1 aromatic heterocycles. The Morgan fingerprint density at radius 1 is 1.50 bits per heavy atom. The van der Waals surface area contributed by atoms with Crippen molar-refractivity contribution in [3.8, 4) is 0 Å². The van der Waals surface area contributed by atoms with Crippen molar-refractivity contribution in [3.63, 3.8) is 0 Å². The minimum atomic E-state index is 0.0178. The Hall–Kier alpha value is -1.36. The summed E-state index contributed by atoms with van der Waals surface area (Å²) < 4.78 is 1.74. The van der Waals surface area contributed by atoms with Crippen molar-refractivity contribution < 1.29 is 0 Å². The second-order valence-corrected chi connectivity index (χ2v) is 5.13. The van der Waals surface area contributed by atoms with Gasteiger partial charge in [0, 0.05) is 37.6 Å². The van der Waals surface area contributed by atoms with Crippen LogP contribution >= 0.6 is 0 Å². The van der Waals surface area contributed by atoms with E-state index >= 15 is 0 Å². The van der Waals surface area contributed by atoms with Crippen LogP contribution in [0.4, 0.5) is 5.82 Å². The number of rotatable bonds is 3. The summed E-state index contributed by atoms with van der Waals surface area (Å²) in [6.45, 7) is 5.80. The van der Waals surface area contributed by atoms with Gasteiger partial charge in [-0.05, 0) is 33.7 Å². The topological polar surface area (TPSA) is 50.2 Å². The maximum atomic E-state index is 12.3. The predicted octanol–water partition coefficient (Wildman–Crippen LogP) is 1.01. The van der Waals surface area contributed by atoms with E-state index in [1.165, 1.54) is 0 Å². The van der Waals surface area contributed by atoms with E-state index in [2.05, 4.69) is 15.2 Å². The van der Waals surface area contributed by atoms with Crippen molar-refractivity contribution in [1.82, 2.24) is 14.9 Å². The third-order valence-corrected chi connectivity index (χ3v) is 3.54. The summed E-state index contributed by atoms with van der Waals surface area (Å²) in [5.41, 5.74) is 0.0178. The van der Waals surface area contributed by atoms with Crippen LogP contribution in [0.2, 0.25) is 0 Å². The number of likely N-dealkylation sites (N-methyl/N-ethyl adjacent to an activating group) is 1. The van der Waals surface area contributed by atoms with Gasteiger partial charge in [-0.3, -0.25) is 4.79 Å². The van der Waals surface area contributed by atoms with Crippen LogP contribution in [0.5, 0.6) is 0 Å². The fraction of sp³-hybridized carbons (Fsp3) is 0.692. The van der Waals surface area contributed by atoms with Crippen molar-refractivity contribution in [1.29, 1.82) is 0 Å². The zero-order valence-corrected chi connectivity index (χ0v) is 11.4. The quantitative estimate of drug-likeness (QED) is 0.870. The van der Waals surface area contributed by atoms with E-state index < -0.39 is 0 Å². The van der Waals surface area contributed by atoms with E-state index in [0.717, 1.165) is 25.9 Å². The third-order valence-electron chi connectivity index (χ3n) is 3.54. The summed E-state index contributed by atoms with van der Waals surface area (Å²) in [6, 6.07) is 0.622. The molecule has 0 aliphatic carbocycles. The first kappa shape index (κ1) is 13.1. The fourth-order valence-corrected chi connectivity index (χ4v) is 2.44. The molecule has 1 fully saturated rings. The molecule has 0 radical (unpaired) electrons. The van der Waals surface area contributed by atoms with Gasteiger partial charge >= 0.3 is 0 Å². The number of nitrogens with one attached hydrogen (secondary N) is 1. The molecule has 1 saturated heterocycles. The molecule has 100 valence electrons. The average molecular weight is 250 g/mol. The zero-order valence-electron chi connectivity index (χ0n) is 11.4. The Morgan fingerprint density at radius 3 is 2.94 bits per heavy atom. The highest BCUT2D eigenvalue weighted by molar-refractivity contribution is 5.36. The van der Waals surface area contributed by atoms with Crippen LogP contribution in [0.15, 0.2) is 17.2 Å². The van der Waals surface area contributed by atoms with Gasteiger partial charge in [-0.1, -0.05) is 0 Å².